The Morgan fingerprint density at radius 2 is 1.67 bits per heavy atom. The normalized spacial score (nSPS) is 14.1. The molecular weight excluding hydrogens is 440 g/mol. The molecule has 1 aromatic carbocycles. The summed E-state index contributed by atoms with van der Waals surface area (Å²) in [5.41, 5.74) is -2.41. The highest BCUT2D eigenvalue weighted by molar-refractivity contribution is 5.88. The fourth-order valence-electron chi connectivity index (χ4n) is 3.10. The predicted molar refractivity (Wildman–Crippen MR) is 114 cm³/mol. The van der Waals surface area contributed by atoms with Gasteiger partial charge in [0.05, 0.1) is 11.3 Å². The molecule has 10 nitrogen and oxygen atoms in total. The van der Waals surface area contributed by atoms with E-state index in [1.165, 1.54) is 22.1 Å². The third-order valence-corrected chi connectivity index (χ3v) is 4.72. The van der Waals surface area contributed by atoms with Gasteiger partial charge in [0.15, 0.2) is 6.29 Å². The molecule has 3 amide bonds. The van der Waals surface area contributed by atoms with Gasteiger partial charge in [-0.2, -0.15) is 4.98 Å². The van der Waals surface area contributed by atoms with Crippen molar-refractivity contribution in [2.24, 2.45) is 0 Å². The Bertz CT molecular complexity index is 1110. The smallest absolute Gasteiger partial charge is 0.410 e. The molecule has 3 rings (SSSR count). The van der Waals surface area contributed by atoms with Gasteiger partial charge in [-0.15, -0.1) is 0 Å². The van der Waals surface area contributed by atoms with E-state index in [4.69, 9.17) is 4.74 Å². The molecule has 2 heterocycles. The number of amides is 3. The van der Waals surface area contributed by atoms with Crippen LogP contribution in [0.3, 0.4) is 0 Å². The zero-order valence-corrected chi connectivity index (χ0v) is 18.3. The lowest BCUT2D eigenvalue weighted by Gasteiger charge is -2.35. The van der Waals surface area contributed by atoms with E-state index in [0.717, 1.165) is 16.7 Å². The minimum atomic E-state index is -1.12. The quantitative estimate of drug-likeness (QED) is 0.700. The maximum absolute atomic E-state index is 13.8. The largest absolute Gasteiger partial charge is 0.444 e. The molecule has 1 aliphatic heterocycles. The van der Waals surface area contributed by atoms with Crippen molar-refractivity contribution in [1.82, 2.24) is 19.4 Å². The van der Waals surface area contributed by atoms with E-state index < -0.39 is 40.6 Å². The van der Waals surface area contributed by atoms with E-state index in [1.807, 2.05) is 0 Å². The van der Waals surface area contributed by atoms with Crippen molar-refractivity contribution >= 4 is 24.2 Å². The van der Waals surface area contributed by atoms with Gasteiger partial charge in [0.2, 0.25) is 0 Å². The van der Waals surface area contributed by atoms with Gasteiger partial charge in [-0.3, -0.25) is 14.7 Å². The molecule has 1 saturated heterocycles. The first-order valence-corrected chi connectivity index (χ1v) is 10.1. The summed E-state index contributed by atoms with van der Waals surface area (Å²) in [6.07, 6.45) is 0.781. The Balaban J connectivity index is 1.64. The van der Waals surface area contributed by atoms with Crippen molar-refractivity contribution in [3.63, 3.8) is 0 Å². The Kier molecular flexibility index (Phi) is 6.75. The molecular formula is C21H23F2N5O5. The highest BCUT2D eigenvalue weighted by atomic mass is 19.1. The topological polar surface area (TPSA) is 114 Å². The second kappa shape index (κ2) is 9.35. The zero-order chi connectivity index (χ0) is 24.3. The molecule has 33 heavy (non-hydrogen) atoms. The molecule has 176 valence electrons. The summed E-state index contributed by atoms with van der Waals surface area (Å²) in [6, 6.07) is 2.44. The number of anilines is 1. The van der Waals surface area contributed by atoms with Gasteiger partial charge >= 0.3 is 17.8 Å². The van der Waals surface area contributed by atoms with Crippen molar-refractivity contribution in [1.29, 1.82) is 0 Å². The summed E-state index contributed by atoms with van der Waals surface area (Å²) in [4.78, 5) is 54.3. The maximum Gasteiger partial charge on any atom is 0.410 e. The number of rotatable bonds is 3. The van der Waals surface area contributed by atoms with Crippen molar-refractivity contribution in [2.75, 3.05) is 31.5 Å². The Hall–Kier alpha value is -3.83. The average molecular weight is 463 g/mol. The zero-order valence-electron chi connectivity index (χ0n) is 18.3. The van der Waals surface area contributed by atoms with E-state index in [0.29, 0.717) is 0 Å². The standard InChI is InChI=1S/C21H23F2N5O5/c1-21(2,3)33-20(32)27-8-6-26(7-9-27)18(30)24-17-4-5-28(19(31)25-17)13-10-15(22)14(12-29)16(23)11-13/h4-5,10-12H,6-9H2,1-3H3,(H,24,25,30,31). The van der Waals surface area contributed by atoms with E-state index in [9.17, 15) is 28.0 Å². The van der Waals surface area contributed by atoms with Gasteiger partial charge in [0.1, 0.15) is 23.1 Å². The number of ether oxygens (including phenoxy) is 1. The van der Waals surface area contributed by atoms with Crippen molar-refractivity contribution in [2.45, 2.75) is 26.4 Å². The number of hydrogen-bond acceptors (Lipinski definition) is 6. The van der Waals surface area contributed by atoms with E-state index >= 15 is 0 Å². The number of aromatic nitrogens is 2. The van der Waals surface area contributed by atoms with Crippen LogP contribution in [0, 0.1) is 11.6 Å². The summed E-state index contributed by atoms with van der Waals surface area (Å²) in [5.74, 6) is -2.29. The fraction of sp³-hybridized carbons (Fsp3) is 0.381. The van der Waals surface area contributed by atoms with Crippen molar-refractivity contribution < 1.29 is 27.9 Å². The molecule has 0 aliphatic carbocycles. The first kappa shape index (κ1) is 23.8. The molecule has 1 aromatic heterocycles. The molecule has 0 unspecified atom stereocenters. The predicted octanol–water partition coefficient (Wildman–Crippen LogP) is 2.41. The van der Waals surface area contributed by atoms with Gasteiger partial charge < -0.3 is 14.5 Å². The number of benzene rings is 1. The van der Waals surface area contributed by atoms with Crippen molar-refractivity contribution in [3.05, 3.63) is 52.1 Å². The van der Waals surface area contributed by atoms with Gasteiger partial charge in [-0.25, -0.2) is 23.2 Å². The number of nitrogens with zero attached hydrogens (tertiary/aromatic N) is 4. The number of piperazine rings is 1. The van der Waals surface area contributed by atoms with E-state index in [1.54, 1.807) is 20.8 Å². The lowest BCUT2D eigenvalue weighted by molar-refractivity contribution is 0.0174. The number of urea groups is 1. The number of halogens is 2. The first-order valence-electron chi connectivity index (χ1n) is 10.1. The monoisotopic (exact) mass is 463 g/mol. The molecule has 1 N–H and O–H groups in total. The Morgan fingerprint density at radius 3 is 2.18 bits per heavy atom. The molecule has 1 fully saturated rings. The summed E-state index contributed by atoms with van der Waals surface area (Å²) in [7, 11) is 0. The Labute approximate surface area is 187 Å². The van der Waals surface area contributed by atoms with Crippen LogP contribution in [0.15, 0.2) is 29.2 Å². The highest BCUT2D eigenvalue weighted by Gasteiger charge is 2.28. The van der Waals surface area contributed by atoms with Crippen LogP contribution < -0.4 is 11.0 Å². The number of nitrogens with one attached hydrogen (secondary N) is 1. The van der Waals surface area contributed by atoms with E-state index in [-0.39, 0.29) is 44.0 Å². The molecule has 0 bridgehead atoms. The van der Waals surface area contributed by atoms with Crippen LogP contribution in [-0.4, -0.2) is 69.5 Å². The minimum absolute atomic E-state index is 0.0431. The van der Waals surface area contributed by atoms with Crippen LogP contribution in [0.5, 0.6) is 0 Å². The third kappa shape index (κ3) is 5.70. The number of carbonyl (C=O) groups is 3. The molecule has 12 heteroatoms. The molecule has 1 aliphatic rings. The summed E-state index contributed by atoms with van der Waals surface area (Å²) in [6.45, 7) is 6.37. The minimum Gasteiger partial charge on any atom is -0.444 e. The molecule has 0 atom stereocenters. The third-order valence-electron chi connectivity index (χ3n) is 4.72. The van der Waals surface area contributed by atoms with Crippen LogP contribution in [0.1, 0.15) is 31.1 Å². The molecule has 2 aromatic rings. The molecule has 0 spiro atoms. The maximum atomic E-state index is 13.8. The highest BCUT2D eigenvalue weighted by Crippen LogP contribution is 2.17. The molecule has 0 saturated carbocycles. The number of carbonyl (C=O) groups excluding carboxylic acids is 3. The summed E-state index contributed by atoms with van der Waals surface area (Å²) < 4.78 is 33.9. The first-order chi connectivity index (χ1) is 15.5. The van der Waals surface area contributed by atoms with Crippen LogP contribution in [0.2, 0.25) is 0 Å². The van der Waals surface area contributed by atoms with Crippen LogP contribution >= 0.6 is 0 Å². The fourth-order valence-corrected chi connectivity index (χ4v) is 3.10. The SMILES string of the molecule is CC(C)(C)OC(=O)N1CCN(C(=O)Nc2ccn(-c3cc(F)c(C=O)c(F)c3)c(=O)n2)CC1. The van der Waals surface area contributed by atoms with Crippen LogP contribution in [-0.2, 0) is 4.74 Å². The van der Waals surface area contributed by atoms with E-state index in [2.05, 4.69) is 10.3 Å². The summed E-state index contributed by atoms with van der Waals surface area (Å²) >= 11 is 0. The van der Waals surface area contributed by atoms with Gasteiger partial charge in [-0.05, 0) is 39.0 Å². The summed E-state index contributed by atoms with van der Waals surface area (Å²) in [5, 5.41) is 2.49. The van der Waals surface area contributed by atoms with Crippen LogP contribution in [0.4, 0.5) is 24.2 Å². The van der Waals surface area contributed by atoms with Gasteiger partial charge in [-0.1, -0.05) is 0 Å². The second-order valence-corrected chi connectivity index (χ2v) is 8.29. The second-order valence-electron chi connectivity index (χ2n) is 8.29. The van der Waals surface area contributed by atoms with Gasteiger partial charge in [0, 0.05) is 32.4 Å². The lowest BCUT2D eigenvalue weighted by Crippen LogP contribution is -2.52. The number of aldehydes is 1. The van der Waals surface area contributed by atoms with Crippen molar-refractivity contribution in [3.8, 4) is 5.69 Å². The molecule has 0 radical (unpaired) electrons. The Morgan fingerprint density at radius 1 is 1.09 bits per heavy atom. The van der Waals surface area contributed by atoms with Gasteiger partial charge in [0.25, 0.3) is 0 Å². The average Bonchev–Trinajstić information content (AvgIpc) is 2.72. The number of hydrogen-bond donors (Lipinski definition) is 1. The lowest BCUT2D eigenvalue weighted by atomic mass is 10.2. The van der Waals surface area contributed by atoms with Crippen LogP contribution in [0.25, 0.3) is 5.69 Å².